The third kappa shape index (κ3) is 2.97. The van der Waals surface area contributed by atoms with Crippen molar-refractivity contribution in [3.05, 3.63) is 46.2 Å². The van der Waals surface area contributed by atoms with Gasteiger partial charge in [-0.15, -0.1) is 0 Å². The van der Waals surface area contributed by atoms with E-state index in [4.69, 9.17) is 16.3 Å². The SMILES string of the molecule is CNC(Cc1c(C)nn(C)c1Cl)c1cccc(OC)c1. The van der Waals surface area contributed by atoms with E-state index in [-0.39, 0.29) is 6.04 Å². The number of hydrogen-bond donors (Lipinski definition) is 1. The molecule has 1 atom stereocenters. The van der Waals surface area contributed by atoms with E-state index in [0.717, 1.165) is 23.4 Å². The molecule has 0 saturated heterocycles. The molecular weight excluding hydrogens is 274 g/mol. The lowest BCUT2D eigenvalue weighted by atomic mass is 9.99. The normalized spacial score (nSPS) is 12.4. The molecule has 1 N–H and O–H groups in total. The van der Waals surface area contributed by atoms with Crippen LogP contribution in [0.15, 0.2) is 24.3 Å². The van der Waals surface area contributed by atoms with Crippen LogP contribution in [0.2, 0.25) is 5.15 Å². The minimum Gasteiger partial charge on any atom is -0.497 e. The molecule has 1 unspecified atom stereocenters. The first-order chi connectivity index (χ1) is 9.56. The maximum Gasteiger partial charge on any atom is 0.130 e. The second-order valence-corrected chi connectivity index (χ2v) is 5.16. The van der Waals surface area contributed by atoms with Crippen molar-refractivity contribution < 1.29 is 4.74 Å². The van der Waals surface area contributed by atoms with E-state index >= 15 is 0 Å². The Labute approximate surface area is 124 Å². The third-order valence-corrected chi connectivity index (χ3v) is 4.00. The van der Waals surface area contributed by atoms with Gasteiger partial charge in [0.05, 0.1) is 12.8 Å². The number of aryl methyl sites for hydroxylation is 2. The summed E-state index contributed by atoms with van der Waals surface area (Å²) in [6.45, 7) is 1.99. The first kappa shape index (κ1) is 14.9. The highest BCUT2D eigenvalue weighted by atomic mass is 35.5. The fraction of sp³-hybridized carbons (Fsp3) is 0.400. The van der Waals surface area contributed by atoms with Crippen LogP contribution in [-0.4, -0.2) is 23.9 Å². The lowest BCUT2D eigenvalue weighted by molar-refractivity contribution is 0.413. The second-order valence-electron chi connectivity index (χ2n) is 4.80. The van der Waals surface area contributed by atoms with E-state index in [1.807, 2.05) is 39.2 Å². The Bertz CT molecular complexity index is 595. The molecule has 108 valence electrons. The highest BCUT2D eigenvalue weighted by Crippen LogP contribution is 2.27. The number of benzene rings is 1. The topological polar surface area (TPSA) is 39.1 Å². The molecule has 2 aromatic rings. The van der Waals surface area contributed by atoms with Crippen molar-refractivity contribution >= 4 is 11.6 Å². The number of hydrogen-bond acceptors (Lipinski definition) is 3. The molecule has 0 aliphatic rings. The summed E-state index contributed by atoms with van der Waals surface area (Å²) in [6.07, 6.45) is 0.794. The van der Waals surface area contributed by atoms with E-state index in [9.17, 15) is 0 Å². The number of likely N-dealkylation sites (N-methyl/N-ethyl adjacent to an activating group) is 1. The number of ether oxygens (including phenoxy) is 1. The Hall–Kier alpha value is -1.52. The zero-order chi connectivity index (χ0) is 14.7. The van der Waals surface area contributed by atoms with Gasteiger partial charge in [-0.25, -0.2) is 0 Å². The van der Waals surface area contributed by atoms with Crippen molar-refractivity contribution in [2.75, 3.05) is 14.2 Å². The second kappa shape index (κ2) is 6.29. The van der Waals surface area contributed by atoms with Gasteiger partial charge in [-0.1, -0.05) is 23.7 Å². The lowest BCUT2D eigenvalue weighted by Gasteiger charge is -2.17. The molecule has 0 aliphatic heterocycles. The van der Waals surface area contributed by atoms with Crippen molar-refractivity contribution in [3.8, 4) is 5.75 Å². The van der Waals surface area contributed by atoms with Gasteiger partial charge in [-0.3, -0.25) is 4.68 Å². The summed E-state index contributed by atoms with van der Waals surface area (Å²) in [7, 11) is 5.48. The molecule has 5 heteroatoms. The van der Waals surface area contributed by atoms with Crippen LogP contribution in [0, 0.1) is 6.92 Å². The molecule has 0 bridgehead atoms. The fourth-order valence-corrected chi connectivity index (χ4v) is 2.61. The van der Waals surface area contributed by atoms with Crippen LogP contribution in [0.4, 0.5) is 0 Å². The van der Waals surface area contributed by atoms with Gasteiger partial charge in [0.25, 0.3) is 0 Å². The van der Waals surface area contributed by atoms with Gasteiger partial charge in [0, 0.05) is 18.7 Å². The van der Waals surface area contributed by atoms with Crippen LogP contribution in [-0.2, 0) is 13.5 Å². The van der Waals surface area contributed by atoms with Crippen LogP contribution in [0.1, 0.15) is 22.9 Å². The van der Waals surface area contributed by atoms with E-state index in [1.54, 1.807) is 11.8 Å². The summed E-state index contributed by atoms with van der Waals surface area (Å²) in [5.74, 6) is 0.858. The highest BCUT2D eigenvalue weighted by Gasteiger charge is 2.17. The quantitative estimate of drug-likeness (QED) is 0.921. The smallest absolute Gasteiger partial charge is 0.130 e. The van der Waals surface area contributed by atoms with E-state index < -0.39 is 0 Å². The molecule has 2 rings (SSSR count). The minimum absolute atomic E-state index is 0.172. The zero-order valence-corrected chi connectivity index (χ0v) is 13.0. The van der Waals surface area contributed by atoms with Crippen LogP contribution < -0.4 is 10.1 Å². The fourth-order valence-electron chi connectivity index (χ4n) is 2.35. The van der Waals surface area contributed by atoms with Crippen molar-refractivity contribution in [1.29, 1.82) is 0 Å². The van der Waals surface area contributed by atoms with Gasteiger partial charge >= 0.3 is 0 Å². The molecule has 20 heavy (non-hydrogen) atoms. The van der Waals surface area contributed by atoms with Gasteiger partial charge in [-0.2, -0.15) is 5.10 Å². The average Bonchev–Trinajstić information content (AvgIpc) is 2.70. The molecule has 0 fully saturated rings. The predicted molar refractivity (Wildman–Crippen MR) is 81.5 cm³/mol. The number of aromatic nitrogens is 2. The standard InChI is InChI=1S/C15H20ClN3O/c1-10-13(15(16)19(3)18-10)9-14(17-2)11-6-5-7-12(8-11)20-4/h5-8,14,17H,9H2,1-4H3. The van der Waals surface area contributed by atoms with Gasteiger partial charge in [0.2, 0.25) is 0 Å². The molecule has 4 nitrogen and oxygen atoms in total. The summed E-state index contributed by atoms with van der Waals surface area (Å²) in [5, 5.41) is 8.39. The van der Waals surface area contributed by atoms with Crippen molar-refractivity contribution in [2.45, 2.75) is 19.4 Å². The number of rotatable bonds is 5. The maximum atomic E-state index is 6.31. The molecule has 1 aromatic carbocycles. The molecule has 0 amide bonds. The average molecular weight is 294 g/mol. The third-order valence-electron chi connectivity index (χ3n) is 3.52. The minimum atomic E-state index is 0.172. The molecule has 1 heterocycles. The Morgan fingerprint density at radius 3 is 2.75 bits per heavy atom. The van der Waals surface area contributed by atoms with Gasteiger partial charge in [-0.05, 0) is 38.1 Å². The Kier molecular flexibility index (Phi) is 4.68. The van der Waals surface area contributed by atoms with E-state index in [1.165, 1.54) is 5.56 Å². The first-order valence-electron chi connectivity index (χ1n) is 6.56. The van der Waals surface area contributed by atoms with Crippen LogP contribution in [0.3, 0.4) is 0 Å². The summed E-state index contributed by atoms with van der Waals surface area (Å²) in [6, 6.07) is 8.24. The highest BCUT2D eigenvalue weighted by molar-refractivity contribution is 6.30. The largest absolute Gasteiger partial charge is 0.497 e. The van der Waals surface area contributed by atoms with Crippen molar-refractivity contribution in [1.82, 2.24) is 15.1 Å². The van der Waals surface area contributed by atoms with Crippen molar-refractivity contribution in [3.63, 3.8) is 0 Å². The van der Waals surface area contributed by atoms with Gasteiger partial charge in [0.1, 0.15) is 10.9 Å². The first-order valence-corrected chi connectivity index (χ1v) is 6.93. The van der Waals surface area contributed by atoms with Crippen molar-refractivity contribution in [2.24, 2.45) is 7.05 Å². The van der Waals surface area contributed by atoms with E-state index in [2.05, 4.69) is 16.5 Å². The van der Waals surface area contributed by atoms with Crippen LogP contribution in [0.25, 0.3) is 0 Å². The monoisotopic (exact) mass is 293 g/mol. The number of halogens is 1. The predicted octanol–water partition coefficient (Wildman–Crippen LogP) is 2.89. The summed E-state index contributed by atoms with van der Waals surface area (Å²) in [4.78, 5) is 0. The molecule has 0 radical (unpaired) electrons. The molecule has 0 spiro atoms. The Morgan fingerprint density at radius 1 is 1.45 bits per heavy atom. The summed E-state index contributed by atoms with van der Waals surface area (Å²) < 4.78 is 6.99. The van der Waals surface area contributed by atoms with Crippen LogP contribution in [0.5, 0.6) is 5.75 Å². The summed E-state index contributed by atoms with van der Waals surface area (Å²) in [5.41, 5.74) is 3.23. The lowest BCUT2D eigenvalue weighted by Crippen LogP contribution is -2.19. The Morgan fingerprint density at radius 2 is 2.20 bits per heavy atom. The van der Waals surface area contributed by atoms with Gasteiger partial charge < -0.3 is 10.1 Å². The molecular formula is C15H20ClN3O. The summed E-state index contributed by atoms with van der Waals surface area (Å²) >= 11 is 6.31. The zero-order valence-electron chi connectivity index (χ0n) is 12.3. The number of nitrogens with one attached hydrogen (secondary N) is 1. The number of methoxy groups -OCH3 is 1. The Balaban J connectivity index is 2.28. The molecule has 0 saturated carbocycles. The number of nitrogens with zero attached hydrogens (tertiary/aromatic N) is 2. The molecule has 1 aromatic heterocycles. The van der Waals surface area contributed by atoms with Crippen LogP contribution >= 0.6 is 11.6 Å². The molecule has 0 aliphatic carbocycles. The van der Waals surface area contributed by atoms with Gasteiger partial charge in [0.15, 0.2) is 0 Å². The van der Waals surface area contributed by atoms with E-state index in [0.29, 0.717) is 5.15 Å². The maximum absolute atomic E-state index is 6.31.